The van der Waals surface area contributed by atoms with E-state index in [4.69, 9.17) is 9.15 Å². The Kier molecular flexibility index (Phi) is 5.91. The molecule has 1 unspecified atom stereocenters. The van der Waals surface area contributed by atoms with Gasteiger partial charge in [0.2, 0.25) is 0 Å². The number of amides is 1. The van der Waals surface area contributed by atoms with Gasteiger partial charge < -0.3 is 14.5 Å². The largest absolute Gasteiger partial charge is 0.465 e. The molecule has 0 bridgehead atoms. The first-order valence-corrected chi connectivity index (χ1v) is 9.13. The molecule has 1 aliphatic heterocycles. The van der Waals surface area contributed by atoms with Crippen molar-refractivity contribution in [2.24, 2.45) is 0 Å². The number of benzene rings is 1. The second-order valence-electron chi connectivity index (χ2n) is 5.83. The molecule has 3 rings (SSSR count). The van der Waals surface area contributed by atoms with E-state index in [0.29, 0.717) is 25.3 Å². The molecule has 1 N–H and O–H groups in total. The van der Waals surface area contributed by atoms with Crippen molar-refractivity contribution in [3.63, 3.8) is 0 Å². The maximum Gasteiger partial charge on any atom is 0.251 e. The average molecular weight is 440 g/mol. The van der Waals surface area contributed by atoms with E-state index in [-0.39, 0.29) is 11.9 Å². The number of furan rings is 1. The fraction of sp³-hybridized carbons (Fsp3) is 0.389. The van der Waals surface area contributed by atoms with Crippen molar-refractivity contribution in [1.29, 1.82) is 0 Å². The molecule has 1 aromatic heterocycles. The van der Waals surface area contributed by atoms with Crippen LogP contribution in [0.3, 0.4) is 0 Å². The molecular weight excluding hydrogens is 419 g/mol. The molecule has 0 saturated carbocycles. The lowest BCUT2D eigenvalue weighted by Crippen LogP contribution is -2.43. The van der Waals surface area contributed by atoms with Crippen molar-refractivity contribution < 1.29 is 13.9 Å². The smallest absolute Gasteiger partial charge is 0.251 e. The number of nitrogens with one attached hydrogen (secondary N) is 1. The van der Waals surface area contributed by atoms with Gasteiger partial charge in [0.1, 0.15) is 11.5 Å². The second kappa shape index (κ2) is 8.13. The minimum absolute atomic E-state index is 0.0225. The summed E-state index contributed by atoms with van der Waals surface area (Å²) in [5, 5.41) is 3.05. The second-order valence-corrected chi connectivity index (χ2v) is 7.08. The van der Waals surface area contributed by atoms with Crippen LogP contribution >= 0.6 is 22.6 Å². The van der Waals surface area contributed by atoms with Gasteiger partial charge in [-0.3, -0.25) is 9.69 Å². The minimum Gasteiger partial charge on any atom is -0.465 e. The Bertz CT molecular complexity index is 695. The Morgan fingerprint density at radius 2 is 2.08 bits per heavy atom. The van der Waals surface area contributed by atoms with Gasteiger partial charge in [-0.1, -0.05) is 6.07 Å². The quantitative estimate of drug-likeness (QED) is 0.727. The van der Waals surface area contributed by atoms with Crippen LogP contribution in [0, 0.1) is 10.5 Å². The highest BCUT2D eigenvalue weighted by atomic mass is 127. The molecule has 2 heterocycles. The van der Waals surface area contributed by atoms with Gasteiger partial charge >= 0.3 is 0 Å². The first-order valence-electron chi connectivity index (χ1n) is 8.05. The molecule has 1 atom stereocenters. The molecule has 1 aromatic carbocycles. The first kappa shape index (κ1) is 17.4. The average Bonchev–Trinajstić information content (AvgIpc) is 3.02. The van der Waals surface area contributed by atoms with E-state index >= 15 is 0 Å². The summed E-state index contributed by atoms with van der Waals surface area (Å²) in [5.74, 6) is 1.71. The van der Waals surface area contributed by atoms with Crippen molar-refractivity contribution >= 4 is 28.5 Å². The van der Waals surface area contributed by atoms with E-state index in [1.165, 1.54) is 0 Å². The van der Waals surface area contributed by atoms with Gasteiger partial charge in [-0.15, -0.1) is 0 Å². The Balaban J connectivity index is 1.70. The Morgan fingerprint density at radius 3 is 2.75 bits per heavy atom. The lowest BCUT2D eigenvalue weighted by Gasteiger charge is -2.33. The third kappa shape index (κ3) is 4.37. The Morgan fingerprint density at radius 1 is 1.29 bits per heavy atom. The summed E-state index contributed by atoms with van der Waals surface area (Å²) >= 11 is 2.21. The molecule has 1 amide bonds. The number of aryl methyl sites for hydroxylation is 1. The summed E-state index contributed by atoms with van der Waals surface area (Å²) in [4.78, 5) is 14.7. The van der Waals surface area contributed by atoms with Crippen LogP contribution in [-0.4, -0.2) is 43.7 Å². The Labute approximate surface area is 155 Å². The first-order chi connectivity index (χ1) is 11.6. The van der Waals surface area contributed by atoms with E-state index < -0.39 is 0 Å². The third-order valence-corrected chi connectivity index (χ3v) is 4.79. The molecule has 24 heavy (non-hydrogen) atoms. The third-order valence-electron chi connectivity index (χ3n) is 4.12. The van der Waals surface area contributed by atoms with Gasteiger partial charge in [-0.2, -0.15) is 0 Å². The van der Waals surface area contributed by atoms with Gasteiger partial charge in [0.15, 0.2) is 0 Å². The topological polar surface area (TPSA) is 54.7 Å². The summed E-state index contributed by atoms with van der Waals surface area (Å²) < 4.78 is 12.3. The van der Waals surface area contributed by atoms with Crippen LogP contribution in [-0.2, 0) is 4.74 Å². The molecule has 0 aliphatic carbocycles. The van der Waals surface area contributed by atoms with Crippen LogP contribution in [0.2, 0.25) is 0 Å². The molecule has 5 nitrogen and oxygen atoms in total. The number of hydrogen-bond donors (Lipinski definition) is 1. The van der Waals surface area contributed by atoms with E-state index in [1.807, 2.05) is 43.3 Å². The number of carbonyl (C=O) groups is 1. The number of nitrogens with zero attached hydrogens (tertiary/aromatic N) is 1. The van der Waals surface area contributed by atoms with Gasteiger partial charge in [0, 0.05) is 28.8 Å². The zero-order valence-electron chi connectivity index (χ0n) is 13.6. The van der Waals surface area contributed by atoms with Crippen LogP contribution in [0.25, 0.3) is 0 Å². The van der Waals surface area contributed by atoms with Gasteiger partial charge in [-0.25, -0.2) is 0 Å². The van der Waals surface area contributed by atoms with Crippen molar-refractivity contribution in [3.8, 4) is 0 Å². The van der Waals surface area contributed by atoms with Crippen molar-refractivity contribution in [2.75, 3.05) is 32.8 Å². The highest BCUT2D eigenvalue weighted by Gasteiger charge is 2.25. The predicted molar refractivity (Wildman–Crippen MR) is 100 cm³/mol. The highest BCUT2D eigenvalue weighted by Crippen LogP contribution is 2.23. The normalized spacial score (nSPS) is 16.8. The summed E-state index contributed by atoms with van der Waals surface area (Å²) in [6.45, 7) is 5.54. The standard InChI is InChI=1S/C18H21IN2O3/c1-13-5-6-17(24-13)16(21-7-9-23-10-8-21)12-20-18(22)14-3-2-4-15(19)11-14/h2-6,11,16H,7-10,12H2,1H3,(H,20,22). The predicted octanol–water partition coefficient (Wildman–Crippen LogP) is 3.00. The van der Waals surface area contributed by atoms with Crippen molar-refractivity contribution in [1.82, 2.24) is 10.2 Å². The highest BCUT2D eigenvalue weighted by molar-refractivity contribution is 14.1. The zero-order valence-corrected chi connectivity index (χ0v) is 15.8. The maximum atomic E-state index is 12.4. The lowest BCUT2D eigenvalue weighted by atomic mass is 10.1. The maximum absolute atomic E-state index is 12.4. The van der Waals surface area contributed by atoms with E-state index in [2.05, 4.69) is 32.8 Å². The van der Waals surface area contributed by atoms with Crippen LogP contribution in [0.4, 0.5) is 0 Å². The number of morpholine rings is 1. The molecule has 2 aromatic rings. The summed E-state index contributed by atoms with van der Waals surface area (Å²) in [6, 6.07) is 11.6. The van der Waals surface area contributed by atoms with Gasteiger partial charge in [-0.05, 0) is 59.8 Å². The van der Waals surface area contributed by atoms with Crippen molar-refractivity contribution in [3.05, 3.63) is 57.1 Å². The zero-order chi connectivity index (χ0) is 16.9. The molecule has 0 radical (unpaired) electrons. The van der Waals surface area contributed by atoms with Crippen LogP contribution < -0.4 is 5.32 Å². The van der Waals surface area contributed by atoms with Gasteiger partial charge in [0.05, 0.1) is 19.3 Å². The number of carbonyl (C=O) groups excluding carboxylic acids is 1. The van der Waals surface area contributed by atoms with E-state index in [9.17, 15) is 4.79 Å². The number of rotatable bonds is 5. The molecule has 0 spiro atoms. The van der Waals surface area contributed by atoms with Crippen LogP contribution in [0.1, 0.15) is 27.9 Å². The minimum atomic E-state index is -0.0601. The molecule has 128 valence electrons. The van der Waals surface area contributed by atoms with Crippen LogP contribution in [0.15, 0.2) is 40.8 Å². The SMILES string of the molecule is Cc1ccc(C(CNC(=O)c2cccc(I)c2)N2CCOCC2)o1. The summed E-state index contributed by atoms with van der Waals surface area (Å²) in [7, 11) is 0. The number of hydrogen-bond acceptors (Lipinski definition) is 4. The van der Waals surface area contributed by atoms with Crippen LogP contribution in [0.5, 0.6) is 0 Å². The summed E-state index contributed by atoms with van der Waals surface area (Å²) in [6.07, 6.45) is 0. The summed E-state index contributed by atoms with van der Waals surface area (Å²) in [5.41, 5.74) is 0.679. The molecule has 6 heteroatoms. The van der Waals surface area contributed by atoms with E-state index in [0.717, 1.165) is 28.2 Å². The van der Waals surface area contributed by atoms with E-state index in [1.54, 1.807) is 0 Å². The fourth-order valence-corrected chi connectivity index (χ4v) is 3.40. The Hall–Kier alpha value is -1.38. The van der Waals surface area contributed by atoms with Crippen molar-refractivity contribution in [2.45, 2.75) is 13.0 Å². The molecular formula is C18H21IN2O3. The van der Waals surface area contributed by atoms with Gasteiger partial charge in [0.25, 0.3) is 5.91 Å². The fourth-order valence-electron chi connectivity index (χ4n) is 2.85. The molecule has 1 aliphatic rings. The molecule has 1 saturated heterocycles. The number of ether oxygens (including phenoxy) is 1. The number of halogens is 1. The monoisotopic (exact) mass is 440 g/mol. The molecule has 1 fully saturated rings. The lowest BCUT2D eigenvalue weighted by molar-refractivity contribution is 0.0117.